The Labute approximate surface area is 97.4 Å². The van der Waals surface area contributed by atoms with Crippen LogP contribution in [0.4, 0.5) is 0 Å². The van der Waals surface area contributed by atoms with Gasteiger partial charge >= 0.3 is 0 Å². The molecular weight excluding hydrogens is 200 g/mol. The van der Waals surface area contributed by atoms with E-state index < -0.39 is 0 Å². The standard InChI is InChI=1S/C12H22N4/c1-3-15(4-2)10-5-6-16-9-14-11(8-13)12(16)7-10/h9-10H,3-8,13H2,1-2H3. The highest BCUT2D eigenvalue weighted by Crippen LogP contribution is 2.21. The largest absolute Gasteiger partial charge is 0.334 e. The Balaban J connectivity index is 2.15. The molecule has 1 aliphatic heterocycles. The van der Waals surface area contributed by atoms with Gasteiger partial charge < -0.3 is 15.2 Å². The number of nitrogens with two attached hydrogens (primary N) is 1. The number of imidazole rings is 1. The zero-order valence-corrected chi connectivity index (χ0v) is 10.3. The molecule has 0 spiro atoms. The maximum atomic E-state index is 5.72. The lowest BCUT2D eigenvalue weighted by molar-refractivity contribution is 0.184. The molecule has 0 saturated heterocycles. The number of likely N-dealkylation sites (N-methyl/N-ethyl adjacent to an activating group) is 1. The molecule has 2 heterocycles. The van der Waals surface area contributed by atoms with Gasteiger partial charge in [-0.25, -0.2) is 4.98 Å². The Hall–Kier alpha value is -0.870. The average molecular weight is 222 g/mol. The second kappa shape index (κ2) is 4.97. The number of fused-ring (bicyclic) bond motifs is 1. The van der Waals surface area contributed by atoms with Crippen LogP contribution in [0.25, 0.3) is 0 Å². The first-order valence-electron chi connectivity index (χ1n) is 6.27. The van der Waals surface area contributed by atoms with Crippen LogP contribution in [0.2, 0.25) is 0 Å². The first kappa shape index (κ1) is 11.6. The van der Waals surface area contributed by atoms with Gasteiger partial charge in [0.05, 0.1) is 12.0 Å². The minimum absolute atomic E-state index is 0.563. The summed E-state index contributed by atoms with van der Waals surface area (Å²) in [6.07, 6.45) is 4.28. The molecule has 0 saturated carbocycles. The van der Waals surface area contributed by atoms with Crippen molar-refractivity contribution in [2.24, 2.45) is 5.73 Å². The molecule has 16 heavy (non-hydrogen) atoms. The Kier molecular flexibility index (Phi) is 3.61. The third-order valence-electron chi connectivity index (χ3n) is 3.69. The van der Waals surface area contributed by atoms with Crippen LogP contribution >= 0.6 is 0 Å². The first-order chi connectivity index (χ1) is 7.80. The van der Waals surface area contributed by atoms with Crippen molar-refractivity contribution in [3.05, 3.63) is 17.7 Å². The van der Waals surface area contributed by atoms with E-state index in [0.29, 0.717) is 12.6 Å². The molecule has 0 fully saturated rings. The Morgan fingerprint density at radius 1 is 1.50 bits per heavy atom. The van der Waals surface area contributed by atoms with E-state index in [-0.39, 0.29) is 0 Å². The van der Waals surface area contributed by atoms with Crippen LogP contribution in [0.15, 0.2) is 6.33 Å². The summed E-state index contributed by atoms with van der Waals surface area (Å²) in [7, 11) is 0. The van der Waals surface area contributed by atoms with Gasteiger partial charge in [0.15, 0.2) is 0 Å². The van der Waals surface area contributed by atoms with Crippen molar-refractivity contribution in [1.29, 1.82) is 0 Å². The van der Waals surface area contributed by atoms with Crippen LogP contribution in [0.3, 0.4) is 0 Å². The van der Waals surface area contributed by atoms with Gasteiger partial charge in [-0.05, 0) is 19.5 Å². The van der Waals surface area contributed by atoms with E-state index in [0.717, 1.165) is 31.7 Å². The lowest BCUT2D eigenvalue weighted by atomic mass is 10.0. The summed E-state index contributed by atoms with van der Waals surface area (Å²) in [5.41, 5.74) is 8.15. The summed E-state index contributed by atoms with van der Waals surface area (Å²) in [5, 5.41) is 0. The molecule has 1 atom stereocenters. The van der Waals surface area contributed by atoms with Gasteiger partial charge in [-0.15, -0.1) is 0 Å². The van der Waals surface area contributed by atoms with Crippen LogP contribution in [-0.2, 0) is 19.5 Å². The van der Waals surface area contributed by atoms with Gasteiger partial charge in [-0.3, -0.25) is 0 Å². The zero-order chi connectivity index (χ0) is 11.5. The van der Waals surface area contributed by atoms with E-state index in [1.54, 1.807) is 0 Å². The minimum atomic E-state index is 0.563. The Morgan fingerprint density at radius 2 is 2.25 bits per heavy atom. The lowest BCUT2D eigenvalue weighted by Gasteiger charge is -2.33. The summed E-state index contributed by atoms with van der Waals surface area (Å²) in [6, 6.07) is 0.671. The van der Waals surface area contributed by atoms with Gasteiger partial charge in [0.25, 0.3) is 0 Å². The first-order valence-corrected chi connectivity index (χ1v) is 6.27. The van der Waals surface area contributed by atoms with Crippen molar-refractivity contribution in [3.63, 3.8) is 0 Å². The number of aromatic nitrogens is 2. The highest BCUT2D eigenvalue weighted by atomic mass is 15.2. The number of hydrogen-bond donors (Lipinski definition) is 1. The van der Waals surface area contributed by atoms with Gasteiger partial charge in [0.2, 0.25) is 0 Å². The molecular formula is C12H22N4. The normalized spacial score (nSPS) is 20.1. The molecule has 1 aromatic rings. The molecule has 2 N–H and O–H groups in total. The second-order valence-corrected chi connectivity index (χ2v) is 4.40. The minimum Gasteiger partial charge on any atom is -0.334 e. The SMILES string of the molecule is CCN(CC)C1CCn2cnc(CN)c2C1. The topological polar surface area (TPSA) is 47.1 Å². The Bertz CT molecular complexity index is 327. The molecule has 4 nitrogen and oxygen atoms in total. The molecule has 0 radical (unpaired) electrons. The van der Waals surface area contributed by atoms with E-state index in [1.165, 1.54) is 12.1 Å². The monoisotopic (exact) mass is 222 g/mol. The molecule has 4 heteroatoms. The lowest BCUT2D eigenvalue weighted by Crippen LogP contribution is -2.40. The molecule has 1 unspecified atom stereocenters. The van der Waals surface area contributed by atoms with Crippen LogP contribution in [0.5, 0.6) is 0 Å². The molecule has 90 valence electrons. The zero-order valence-electron chi connectivity index (χ0n) is 10.3. The number of rotatable bonds is 4. The van der Waals surface area contributed by atoms with Crippen molar-refractivity contribution in [3.8, 4) is 0 Å². The highest BCUT2D eigenvalue weighted by Gasteiger charge is 2.24. The fraction of sp³-hybridized carbons (Fsp3) is 0.750. The quantitative estimate of drug-likeness (QED) is 0.826. The third kappa shape index (κ3) is 1.99. The van der Waals surface area contributed by atoms with Crippen LogP contribution in [-0.4, -0.2) is 33.6 Å². The average Bonchev–Trinajstić information content (AvgIpc) is 2.73. The smallest absolute Gasteiger partial charge is 0.0952 e. The van der Waals surface area contributed by atoms with E-state index in [2.05, 4.69) is 28.3 Å². The van der Waals surface area contributed by atoms with E-state index in [1.807, 2.05) is 6.33 Å². The van der Waals surface area contributed by atoms with E-state index in [4.69, 9.17) is 5.73 Å². The van der Waals surface area contributed by atoms with Crippen LogP contribution in [0, 0.1) is 0 Å². The molecule has 1 aromatic heterocycles. The van der Waals surface area contributed by atoms with Crippen molar-refractivity contribution in [2.45, 2.75) is 45.8 Å². The van der Waals surface area contributed by atoms with Crippen molar-refractivity contribution in [1.82, 2.24) is 14.5 Å². The number of hydrogen-bond acceptors (Lipinski definition) is 3. The number of nitrogens with zero attached hydrogens (tertiary/aromatic N) is 3. The van der Waals surface area contributed by atoms with Crippen molar-refractivity contribution < 1.29 is 0 Å². The molecule has 0 aromatic carbocycles. The predicted molar refractivity (Wildman–Crippen MR) is 65.1 cm³/mol. The summed E-state index contributed by atoms with van der Waals surface area (Å²) in [4.78, 5) is 6.92. The van der Waals surface area contributed by atoms with Gasteiger partial charge in [0, 0.05) is 31.2 Å². The third-order valence-corrected chi connectivity index (χ3v) is 3.69. The molecule has 0 bridgehead atoms. The Morgan fingerprint density at radius 3 is 2.88 bits per heavy atom. The number of aryl methyl sites for hydroxylation is 1. The van der Waals surface area contributed by atoms with Gasteiger partial charge in [0.1, 0.15) is 0 Å². The maximum absolute atomic E-state index is 5.72. The molecule has 2 rings (SSSR count). The van der Waals surface area contributed by atoms with E-state index in [9.17, 15) is 0 Å². The summed E-state index contributed by atoms with van der Waals surface area (Å²) < 4.78 is 2.27. The van der Waals surface area contributed by atoms with Gasteiger partial charge in [-0.2, -0.15) is 0 Å². The molecule has 1 aliphatic rings. The summed E-state index contributed by atoms with van der Waals surface area (Å²) in [6.45, 7) is 8.38. The fourth-order valence-electron chi connectivity index (χ4n) is 2.71. The summed E-state index contributed by atoms with van der Waals surface area (Å²) >= 11 is 0. The van der Waals surface area contributed by atoms with Gasteiger partial charge in [-0.1, -0.05) is 13.8 Å². The van der Waals surface area contributed by atoms with Crippen molar-refractivity contribution in [2.75, 3.05) is 13.1 Å². The van der Waals surface area contributed by atoms with Crippen LogP contribution in [0.1, 0.15) is 31.7 Å². The van der Waals surface area contributed by atoms with Crippen molar-refractivity contribution >= 4 is 0 Å². The van der Waals surface area contributed by atoms with Crippen LogP contribution < -0.4 is 5.73 Å². The highest BCUT2D eigenvalue weighted by molar-refractivity contribution is 5.16. The predicted octanol–water partition coefficient (Wildman–Crippen LogP) is 0.998. The molecule has 0 aliphatic carbocycles. The fourth-order valence-corrected chi connectivity index (χ4v) is 2.71. The summed E-state index contributed by atoms with van der Waals surface area (Å²) in [5.74, 6) is 0. The second-order valence-electron chi connectivity index (χ2n) is 4.40. The molecule has 0 amide bonds. The maximum Gasteiger partial charge on any atom is 0.0952 e. The van der Waals surface area contributed by atoms with E-state index >= 15 is 0 Å².